The van der Waals surface area contributed by atoms with E-state index in [9.17, 15) is 4.79 Å². The predicted molar refractivity (Wildman–Crippen MR) is 95.1 cm³/mol. The molecule has 4 nitrogen and oxygen atoms in total. The number of furan rings is 1. The molecular weight excluding hydrogens is 320 g/mol. The van der Waals surface area contributed by atoms with Crippen molar-refractivity contribution >= 4 is 27.5 Å². The number of aromatic nitrogens is 1. The number of hydrogen-bond donors (Lipinski definition) is 0. The standard InChI is InChI=1S/C19H20N2O2S/c22-19(15-6-7-17-18(10-15)24-13-20-17)21(11-14-8-9-23-12-14)16-4-2-1-3-5-16/h6-10,12-13,16H,1-5,11H2. The van der Waals surface area contributed by atoms with Crippen LogP contribution < -0.4 is 0 Å². The lowest BCUT2D eigenvalue weighted by atomic mass is 9.93. The minimum Gasteiger partial charge on any atom is -0.472 e. The SMILES string of the molecule is O=C(c1ccc2ncsc2c1)N(Cc1ccoc1)C1CCCCC1. The summed E-state index contributed by atoms with van der Waals surface area (Å²) in [4.78, 5) is 19.5. The van der Waals surface area contributed by atoms with Crippen molar-refractivity contribution in [3.63, 3.8) is 0 Å². The smallest absolute Gasteiger partial charge is 0.254 e. The molecule has 0 bridgehead atoms. The minimum atomic E-state index is 0.110. The summed E-state index contributed by atoms with van der Waals surface area (Å²) in [6.07, 6.45) is 9.26. The number of rotatable bonds is 4. The molecule has 2 aromatic heterocycles. The molecule has 24 heavy (non-hydrogen) atoms. The first-order valence-corrected chi connectivity index (χ1v) is 9.34. The largest absolute Gasteiger partial charge is 0.472 e. The number of hydrogen-bond acceptors (Lipinski definition) is 4. The maximum Gasteiger partial charge on any atom is 0.254 e. The Bertz CT molecular complexity index is 819. The molecule has 1 aliphatic rings. The quantitative estimate of drug-likeness (QED) is 0.681. The third-order valence-corrected chi connectivity index (χ3v) is 5.58. The van der Waals surface area contributed by atoms with Crippen LogP contribution >= 0.6 is 11.3 Å². The Morgan fingerprint density at radius 2 is 2.12 bits per heavy atom. The van der Waals surface area contributed by atoms with Crippen molar-refractivity contribution in [2.24, 2.45) is 0 Å². The molecule has 124 valence electrons. The Balaban J connectivity index is 1.63. The second kappa shape index (κ2) is 6.77. The average molecular weight is 340 g/mol. The predicted octanol–water partition coefficient (Wildman–Crippen LogP) is 4.86. The van der Waals surface area contributed by atoms with Crippen LogP contribution in [0.2, 0.25) is 0 Å². The molecule has 0 N–H and O–H groups in total. The van der Waals surface area contributed by atoms with Crippen LogP contribution in [0.1, 0.15) is 48.0 Å². The molecule has 0 spiro atoms. The molecule has 0 radical (unpaired) electrons. The average Bonchev–Trinajstić information content (AvgIpc) is 3.30. The van der Waals surface area contributed by atoms with Gasteiger partial charge in [0, 0.05) is 23.7 Å². The van der Waals surface area contributed by atoms with Gasteiger partial charge in [0.1, 0.15) is 0 Å². The first kappa shape index (κ1) is 15.4. The van der Waals surface area contributed by atoms with Crippen molar-refractivity contribution in [2.45, 2.75) is 44.7 Å². The summed E-state index contributed by atoms with van der Waals surface area (Å²) in [6.45, 7) is 0.612. The van der Waals surface area contributed by atoms with E-state index >= 15 is 0 Å². The van der Waals surface area contributed by atoms with Crippen LogP contribution in [-0.2, 0) is 6.54 Å². The van der Waals surface area contributed by atoms with Crippen molar-refractivity contribution < 1.29 is 9.21 Å². The van der Waals surface area contributed by atoms with Crippen LogP contribution in [0.4, 0.5) is 0 Å². The summed E-state index contributed by atoms with van der Waals surface area (Å²) in [5.74, 6) is 0.110. The first-order chi connectivity index (χ1) is 11.8. The maximum atomic E-state index is 13.2. The lowest BCUT2D eigenvalue weighted by Gasteiger charge is -2.34. The van der Waals surface area contributed by atoms with Gasteiger partial charge in [0.2, 0.25) is 0 Å². The highest BCUT2D eigenvalue weighted by Gasteiger charge is 2.27. The molecule has 1 aromatic carbocycles. The van der Waals surface area contributed by atoms with Crippen LogP contribution in [0.25, 0.3) is 10.2 Å². The second-order valence-electron chi connectivity index (χ2n) is 6.39. The van der Waals surface area contributed by atoms with Gasteiger partial charge in [-0.1, -0.05) is 19.3 Å². The molecule has 2 heterocycles. The number of benzene rings is 1. The molecule has 1 saturated carbocycles. The summed E-state index contributed by atoms with van der Waals surface area (Å²) in [5.41, 5.74) is 4.58. The number of nitrogens with zero attached hydrogens (tertiary/aromatic N) is 2. The number of carbonyl (C=O) groups is 1. The molecule has 3 aromatic rings. The molecule has 1 aliphatic carbocycles. The molecule has 1 amide bonds. The maximum absolute atomic E-state index is 13.2. The Kier molecular flexibility index (Phi) is 4.34. The van der Waals surface area contributed by atoms with Crippen molar-refractivity contribution in [1.29, 1.82) is 0 Å². The molecule has 1 fully saturated rings. The van der Waals surface area contributed by atoms with Crippen molar-refractivity contribution in [3.8, 4) is 0 Å². The summed E-state index contributed by atoms with van der Waals surface area (Å²) in [5, 5.41) is 0. The highest BCUT2D eigenvalue weighted by molar-refractivity contribution is 7.16. The van der Waals surface area contributed by atoms with Gasteiger partial charge in [-0.25, -0.2) is 4.98 Å². The third-order valence-electron chi connectivity index (χ3n) is 4.79. The zero-order valence-corrected chi connectivity index (χ0v) is 14.3. The third kappa shape index (κ3) is 3.08. The van der Waals surface area contributed by atoms with E-state index in [0.29, 0.717) is 12.6 Å². The zero-order chi connectivity index (χ0) is 16.4. The van der Waals surface area contributed by atoms with Gasteiger partial charge >= 0.3 is 0 Å². The molecule has 0 aliphatic heterocycles. The van der Waals surface area contributed by atoms with Gasteiger partial charge in [-0.2, -0.15) is 0 Å². The fourth-order valence-corrected chi connectivity index (χ4v) is 4.21. The second-order valence-corrected chi connectivity index (χ2v) is 7.28. The fourth-order valence-electron chi connectivity index (χ4n) is 3.49. The zero-order valence-electron chi connectivity index (χ0n) is 13.5. The van der Waals surface area contributed by atoms with E-state index in [-0.39, 0.29) is 5.91 Å². The molecular formula is C19H20N2O2S. The van der Waals surface area contributed by atoms with Gasteiger partial charge < -0.3 is 9.32 Å². The van der Waals surface area contributed by atoms with E-state index in [1.165, 1.54) is 19.3 Å². The van der Waals surface area contributed by atoms with E-state index in [4.69, 9.17) is 4.42 Å². The first-order valence-electron chi connectivity index (χ1n) is 8.46. The van der Waals surface area contributed by atoms with Crippen LogP contribution in [0.3, 0.4) is 0 Å². The fraction of sp³-hybridized carbons (Fsp3) is 0.368. The van der Waals surface area contributed by atoms with Gasteiger partial charge in [0.05, 0.1) is 28.3 Å². The Labute approximate surface area is 145 Å². The highest BCUT2D eigenvalue weighted by Crippen LogP contribution is 2.27. The van der Waals surface area contributed by atoms with Crippen LogP contribution in [0.5, 0.6) is 0 Å². The Morgan fingerprint density at radius 1 is 1.25 bits per heavy atom. The van der Waals surface area contributed by atoms with Crippen LogP contribution in [0.15, 0.2) is 46.7 Å². The minimum absolute atomic E-state index is 0.110. The summed E-state index contributed by atoms with van der Waals surface area (Å²) < 4.78 is 6.25. The van der Waals surface area contributed by atoms with Gasteiger partial charge in [-0.15, -0.1) is 11.3 Å². The van der Waals surface area contributed by atoms with Crippen LogP contribution in [0, 0.1) is 0 Å². The van der Waals surface area contributed by atoms with Crippen molar-refractivity contribution in [3.05, 3.63) is 53.4 Å². The van der Waals surface area contributed by atoms with Gasteiger partial charge in [-0.05, 0) is 37.1 Å². The molecule has 0 saturated heterocycles. The summed E-state index contributed by atoms with van der Waals surface area (Å²) >= 11 is 1.57. The number of fused-ring (bicyclic) bond motifs is 1. The lowest BCUT2D eigenvalue weighted by molar-refractivity contribution is 0.0614. The summed E-state index contributed by atoms with van der Waals surface area (Å²) in [6, 6.07) is 8.07. The summed E-state index contributed by atoms with van der Waals surface area (Å²) in [7, 11) is 0. The van der Waals surface area contributed by atoms with Crippen molar-refractivity contribution in [2.75, 3.05) is 0 Å². The molecule has 0 atom stereocenters. The topological polar surface area (TPSA) is 46.3 Å². The lowest BCUT2D eigenvalue weighted by Crippen LogP contribution is -2.40. The van der Waals surface area contributed by atoms with E-state index < -0.39 is 0 Å². The van der Waals surface area contributed by atoms with E-state index in [2.05, 4.69) is 4.98 Å². The Morgan fingerprint density at radius 3 is 2.92 bits per heavy atom. The van der Waals surface area contributed by atoms with Crippen molar-refractivity contribution in [1.82, 2.24) is 9.88 Å². The number of thiazole rings is 1. The van der Waals surface area contributed by atoms with E-state index in [0.717, 1.165) is 34.2 Å². The van der Waals surface area contributed by atoms with E-state index in [1.807, 2.05) is 34.7 Å². The van der Waals surface area contributed by atoms with Gasteiger partial charge in [0.15, 0.2) is 0 Å². The van der Waals surface area contributed by atoms with E-state index in [1.54, 1.807) is 23.9 Å². The monoisotopic (exact) mass is 340 g/mol. The molecule has 4 rings (SSSR count). The Hall–Kier alpha value is -2.14. The number of amides is 1. The molecule has 0 unspecified atom stereocenters. The van der Waals surface area contributed by atoms with Gasteiger partial charge in [-0.3, -0.25) is 4.79 Å². The number of carbonyl (C=O) groups excluding carboxylic acids is 1. The molecule has 5 heteroatoms. The van der Waals surface area contributed by atoms with Gasteiger partial charge in [0.25, 0.3) is 5.91 Å². The highest BCUT2D eigenvalue weighted by atomic mass is 32.1. The van der Waals surface area contributed by atoms with Crippen LogP contribution in [-0.4, -0.2) is 21.8 Å². The normalized spacial score (nSPS) is 15.7.